The van der Waals surface area contributed by atoms with Gasteiger partial charge in [0.25, 0.3) is 0 Å². The molecule has 0 aromatic rings. The first-order valence-electron chi connectivity index (χ1n) is 3.18. The predicted molar refractivity (Wildman–Crippen MR) is 35.5 cm³/mol. The van der Waals surface area contributed by atoms with Crippen molar-refractivity contribution in [3.63, 3.8) is 0 Å². The molecule has 1 heterocycles. The van der Waals surface area contributed by atoms with Crippen molar-refractivity contribution in [2.24, 2.45) is 0 Å². The lowest BCUT2D eigenvalue weighted by atomic mass is 9.96. The minimum absolute atomic E-state index is 0.120. The Labute approximate surface area is 56.9 Å². The molecule has 0 unspecified atom stereocenters. The maximum Gasteiger partial charge on any atom is 0.109 e. The first kappa shape index (κ1) is 7.10. The van der Waals surface area contributed by atoms with Crippen molar-refractivity contribution in [3.8, 4) is 0 Å². The summed E-state index contributed by atoms with van der Waals surface area (Å²) in [6.07, 6.45) is 1.17. The molecule has 1 rings (SSSR count). The predicted octanol–water partition coefficient (Wildman–Crippen LogP) is 0.305. The molecule has 0 N–H and O–H groups in total. The van der Waals surface area contributed by atoms with Crippen LogP contribution in [0, 0.1) is 0 Å². The Kier molecular flexibility index (Phi) is 2.14. The van der Waals surface area contributed by atoms with E-state index in [0.717, 1.165) is 6.42 Å². The van der Waals surface area contributed by atoms with Gasteiger partial charge in [0, 0.05) is 13.1 Å². The fourth-order valence-electron chi connectivity index (χ4n) is 1.13. The van der Waals surface area contributed by atoms with E-state index in [9.17, 15) is 0 Å². The molecule has 0 aliphatic carbocycles. The maximum absolute atomic E-state index is 5.49. The molecule has 0 amide bonds. The van der Waals surface area contributed by atoms with Gasteiger partial charge in [0.05, 0.1) is 12.2 Å². The Hall–Kier alpha value is -0.0151. The zero-order valence-corrected chi connectivity index (χ0v) is 5.83. The van der Waals surface area contributed by atoms with E-state index in [1.807, 2.05) is 6.92 Å². The standard InChI is InChI=1S/C6H11BO2/c1-4-5(8-2)3-6(7)9-4/h4-6H,3H2,1-2H3/t4-,5-,6-/m1/s1. The summed E-state index contributed by atoms with van der Waals surface area (Å²) in [6, 6.07) is -0.120. The van der Waals surface area contributed by atoms with Crippen LogP contribution in [-0.2, 0) is 9.47 Å². The van der Waals surface area contributed by atoms with E-state index in [1.165, 1.54) is 0 Å². The summed E-state index contributed by atoms with van der Waals surface area (Å²) in [6.45, 7) is 1.97. The van der Waals surface area contributed by atoms with Crippen molar-refractivity contribution >= 4 is 7.85 Å². The largest absolute Gasteiger partial charge is 0.382 e. The number of methoxy groups -OCH3 is 1. The molecule has 1 aliphatic heterocycles. The summed E-state index contributed by atoms with van der Waals surface area (Å²) in [5, 5.41) is 0. The van der Waals surface area contributed by atoms with Gasteiger partial charge in [-0.05, 0) is 13.3 Å². The summed E-state index contributed by atoms with van der Waals surface area (Å²) < 4.78 is 10.3. The molecular weight excluding hydrogens is 115 g/mol. The van der Waals surface area contributed by atoms with Crippen LogP contribution >= 0.6 is 0 Å². The van der Waals surface area contributed by atoms with Gasteiger partial charge in [0.2, 0.25) is 0 Å². The summed E-state index contributed by atoms with van der Waals surface area (Å²) in [7, 11) is 7.17. The molecule has 1 saturated heterocycles. The molecule has 9 heavy (non-hydrogen) atoms. The van der Waals surface area contributed by atoms with E-state index in [4.69, 9.17) is 17.3 Å². The van der Waals surface area contributed by atoms with Crippen LogP contribution in [-0.4, -0.2) is 33.2 Å². The molecule has 0 aromatic heterocycles. The van der Waals surface area contributed by atoms with Gasteiger partial charge in [-0.15, -0.1) is 0 Å². The first-order valence-corrected chi connectivity index (χ1v) is 3.18. The number of hydrogen-bond donors (Lipinski definition) is 0. The van der Waals surface area contributed by atoms with Crippen molar-refractivity contribution in [2.45, 2.75) is 31.6 Å². The van der Waals surface area contributed by atoms with Gasteiger partial charge in [-0.2, -0.15) is 0 Å². The van der Waals surface area contributed by atoms with Crippen LogP contribution in [0.5, 0.6) is 0 Å². The molecule has 50 valence electrons. The van der Waals surface area contributed by atoms with Gasteiger partial charge in [0.15, 0.2) is 0 Å². The highest BCUT2D eigenvalue weighted by Gasteiger charge is 2.28. The van der Waals surface area contributed by atoms with E-state index in [2.05, 4.69) is 0 Å². The highest BCUT2D eigenvalue weighted by atomic mass is 16.6. The number of rotatable bonds is 1. The van der Waals surface area contributed by atoms with E-state index < -0.39 is 0 Å². The number of hydrogen-bond acceptors (Lipinski definition) is 2. The molecule has 2 nitrogen and oxygen atoms in total. The first-order chi connectivity index (χ1) is 4.24. The zero-order valence-electron chi connectivity index (χ0n) is 5.83. The summed E-state index contributed by atoms with van der Waals surface area (Å²) in [5.41, 5.74) is 0. The van der Waals surface area contributed by atoms with Gasteiger partial charge in [-0.3, -0.25) is 0 Å². The SMILES string of the molecule is [B][C@H]1C[C@@H](OC)[C@@H](C)O1. The fourth-order valence-corrected chi connectivity index (χ4v) is 1.13. The third kappa shape index (κ3) is 1.46. The third-order valence-corrected chi connectivity index (χ3v) is 1.68. The molecule has 0 saturated carbocycles. The van der Waals surface area contributed by atoms with Crippen molar-refractivity contribution in [1.82, 2.24) is 0 Å². The maximum atomic E-state index is 5.49. The molecule has 2 radical (unpaired) electrons. The Morgan fingerprint density at radius 2 is 2.33 bits per heavy atom. The second kappa shape index (κ2) is 2.71. The average molecular weight is 126 g/mol. The van der Waals surface area contributed by atoms with Crippen LogP contribution in [0.1, 0.15) is 13.3 Å². The monoisotopic (exact) mass is 126 g/mol. The van der Waals surface area contributed by atoms with Gasteiger partial charge in [0.1, 0.15) is 7.85 Å². The lowest BCUT2D eigenvalue weighted by Crippen LogP contribution is -2.18. The van der Waals surface area contributed by atoms with Crippen LogP contribution in [0.3, 0.4) is 0 Å². The second-order valence-electron chi connectivity index (χ2n) is 2.39. The van der Waals surface area contributed by atoms with Crippen molar-refractivity contribution in [3.05, 3.63) is 0 Å². The van der Waals surface area contributed by atoms with Gasteiger partial charge >= 0.3 is 0 Å². The smallest absolute Gasteiger partial charge is 0.109 e. The minimum Gasteiger partial charge on any atom is -0.382 e. The molecule has 1 fully saturated rings. The van der Waals surface area contributed by atoms with Crippen LogP contribution in [0.2, 0.25) is 0 Å². The topological polar surface area (TPSA) is 18.5 Å². The normalized spacial score (nSPS) is 43.6. The quantitative estimate of drug-likeness (QED) is 0.470. The summed E-state index contributed by atoms with van der Waals surface area (Å²) in [5.74, 6) is 0. The molecule has 0 bridgehead atoms. The Balaban J connectivity index is 2.38. The minimum atomic E-state index is -0.120. The molecule has 0 spiro atoms. The summed E-state index contributed by atoms with van der Waals surface area (Å²) >= 11 is 0. The lowest BCUT2D eigenvalue weighted by Gasteiger charge is -2.10. The molecule has 1 aliphatic rings. The highest BCUT2D eigenvalue weighted by molar-refractivity contribution is 6.11. The van der Waals surface area contributed by atoms with E-state index in [-0.39, 0.29) is 18.2 Å². The third-order valence-electron chi connectivity index (χ3n) is 1.68. The Morgan fingerprint density at radius 1 is 1.67 bits per heavy atom. The van der Waals surface area contributed by atoms with Crippen LogP contribution in [0.15, 0.2) is 0 Å². The second-order valence-corrected chi connectivity index (χ2v) is 2.39. The van der Waals surface area contributed by atoms with Crippen LogP contribution in [0.25, 0.3) is 0 Å². The van der Waals surface area contributed by atoms with Crippen molar-refractivity contribution < 1.29 is 9.47 Å². The van der Waals surface area contributed by atoms with Crippen molar-refractivity contribution in [2.75, 3.05) is 7.11 Å². The average Bonchev–Trinajstić information content (AvgIpc) is 2.10. The Bertz CT molecular complexity index is 97.1. The van der Waals surface area contributed by atoms with Gasteiger partial charge < -0.3 is 9.47 Å². The van der Waals surface area contributed by atoms with E-state index in [0.29, 0.717) is 0 Å². The van der Waals surface area contributed by atoms with E-state index in [1.54, 1.807) is 7.11 Å². The molecule has 0 aromatic carbocycles. The molecule has 3 atom stereocenters. The van der Waals surface area contributed by atoms with Crippen molar-refractivity contribution in [1.29, 1.82) is 0 Å². The fraction of sp³-hybridized carbons (Fsp3) is 1.00. The number of ether oxygens (including phenoxy) is 2. The zero-order chi connectivity index (χ0) is 6.85. The lowest BCUT2D eigenvalue weighted by molar-refractivity contribution is 0.0211. The summed E-state index contributed by atoms with van der Waals surface area (Å²) in [4.78, 5) is 0. The molecule has 3 heteroatoms. The Morgan fingerprint density at radius 3 is 2.56 bits per heavy atom. The molecular formula is C6H11BO2. The highest BCUT2D eigenvalue weighted by Crippen LogP contribution is 2.19. The van der Waals surface area contributed by atoms with Gasteiger partial charge in [-0.25, -0.2) is 0 Å². The van der Waals surface area contributed by atoms with Crippen LogP contribution in [0.4, 0.5) is 0 Å². The van der Waals surface area contributed by atoms with Gasteiger partial charge in [-0.1, -0.05) is 0 Å². The van der Waals surface area contributed by atoms with E-state index >= 15 is 0 Å². The van der Waals surface area contributed by atoms with Crippen LogP contribution < -0.4 is 0 Å².